The monoisotopic (exact) mass is 302 g/mol. The van der Waals surface area contributed by atoms with Gasteiger partial charge in [-0.1, -0.05) is 38.1 Å². The van der Waals surface area contributed by atoms with Crippen molar-refractivity contribution in [1.29, 1.82) is 0 Å². The fourth-order valence-corrected chi connectivity index (χ4v) is 2.99. The summed E-state index contributed by atoms with van der Waals surface area (Å²) in [6.45, 7) is 7.36. The van der Waals surface area contributed by atoms with Crippen molar-refractivity contribution in [3.05, 3.63) is 35.4 Å². The van der Waals surface area contributed by atoms with Gasteiger partial charge in [0.25, 0.3) is 5.91 Å². The molecule has 0 aromatic heterocycles. The van der Waals surface area contributed by atoms with Crippen molar-refractivity contribution < 1.29 is 4.79 Å². The molecule has 2 rings (SSSR count). The molecule has 22 heavy (non-hydrogen) atoms. The van der Waals surface area contributed by atoms with Gasteiger partial charge in [-0.3, -0.25) is 9.69 Å². The second-order valence-electron chi connectivity index (χ2n) is 6.58. The minimum Gasteiger partial charge on any atom is -0.369 e. The molecule has 1 aromatic carbocycles. The fourth-order valence-electron chi connectivity index (χ4n) is 2.99. The van der Waals surface area contributed by atoms with E-state index in [4.69, 9.17) is 5.73 Å². The number of guanidine groups is 1. The highest BCUT2D eigenvalue weighted by molar-refractivity contribution is 6.06. The molecule has 0 bridgehead atoms. The molecular weight excluding hydrogens is 276 g/mol. The van der Waals surface area contributed by atoms with Crippen molar-refractivity contribution in [1.82, 2.24) is 10.2 Å². The Morgan fingerprint density at radius 2 is 1.86 bits per heavy atom. The van der Waals surface area contributed by atoms with E-state index in [1.807, 2.05) is 26.1 Å². The van der Waals surface area contributed by atoms with Crippen LogP contribution in [0, 0.1) is 5.92 Å². The van der Waals surface area contributed by atoms with Gasteiger partial charge in [-0.2, -0.15) is 0 Å². The van der Waals surface area contributed by atoms with Crippen LogP contribution in [0.25, 0.3) is 0 Å². The van der Waals surface area contributed by atoms with Gasteiger partial charge in [0.05, 0.1) is 6.54 Å². The maximum atomic E-state index is 12.7. The van der Waals surface area contributed by atoms with Crippen LogP contribution in [0.2, 0.25) is 0 Å². The van der Waals surface area contributed by atoms with Gasteiger partial charge >= 0.3 is 0 Å². The lowest BCUT2D eigenvalue weighted by Gasteiger charge is -2.23. The van der Waals surface area contributed by atoms with E-state index < -0.39 is 5.54 Å². The summed E-state index contributed by atoms with van der Waals surface area (Å²) in [6, 6.07) is 8.19. The Morgan fingerprint density at radius 3 is 2.41 bits per heavy atom. The largest absolute Gasteiger partial charge is 0.369 e. The molecule has 120 valence electrons. The van der Waals surface area contributed by atoms with Crippen LogP contribution in [0.15, 0.2) is 29.3 Å². The quantitative estimate of drug-likeness (QED) is 0.842. The second kappa shape index (κ2) is 6.48. The first-order chi connectivity index (χ1) is 10.4. The summed E-state index contributed by atoms with van der Waals surface area (Å²) in [6.07, 6.45) is 0.712. The minimum atomic E-state index is -0.718. The molecule has 0 saturated heterocycles. The highest BCUT2D eigenvalue weighted by atomic mass is 16.2. The first kappa shape index (κ1) is 16.5. The van der Waals surface area contributed by atoms with Crippen molar-refractivity contribution in [3.8, 4) is 0 Å². The number of hydrogen-bond donors (Lipinski definition) is 2. The summed E-state index contributed by atoms with van der Waals surface area (Å²) >= 11 is 0. The van der Waals surface area contributed by atoms with Gasteiger partial charge in [0, 0.05) is 6.54 Å². The smallest absolute Gasteiger partial charge is 0.257 e. The average molecular weight is 302 g/mol. The number of carbonyl (C=O) groups is 1. The van der Waals surface area contributed by atoms with Gasteiger partial charge in [-0.15, -0.1) is 0 Å². The van der Waals surface area contributed by atoms with Crippen LogP contribution in [0.4, 0.5) is 0 Å². The number of nitrogens with two attached hydrogens (primary N) is 1. The molecule has 1 unspecified atom stereocenters. The Balaban J connectivity index is 2.10. The Labute approximate surface area is 132 Å². The van der Waals surface area contributed by atoms with Gasteiger partial charge in [-0.05, 0) is 37.4 Å². The van der Waals surface area contributed by atoms with Crippen molar-refractivity contribution in [2.45, 2.75) is 45.8 Å². The summed E-state index contributed by atoms with van der Waals surface area (Å²) in [5.41, 5.74) is 7.54. The van der Waals surface area contributed by atoms with E-state index in [0.29, 0.717) is 24.8 Å². The number of benzene rings is 1. The lowest BCUT2D eigenvalue weighted by Crippen LogP contribution is -2.43. The van der Waals surface area contributed by atoms with Crippen LogP contribution >= 0.6 is 0 Å². The van der Waals surface area contributed by atoms with Gasteiger partial charge < -0.3 is 11.1 Å². The second-order valence-corrected chi connectivity index (χ2v) is 6.58. The van der Waals surface area contributed by atoms with Crippen LogP contribution in [0.3, 0.4) is 0 Å². The molecule has 0 saturated carbocycles. The number of nitrogens with zero attached hydrogens (tertiary/aromatic N) is 2. The van der Waals surface area contributed by atoms with Gasteiger partial charge in [-0.25, -0.2) is 4.99 Å². The first-order valence-corrected chi connectivity index (χ1v) is 7.75. The summed E-state index contributed by atoms with van der Waals surface area (Å²) in [5.74, 6) is 0.719. The molecule has 5 nitrogen and oxygen atoms in total. The standard InChI is InChI=1S/C17H26N4O/c1-12(2)9-17(3)15(22)21(16(18)20-17)11-14-7-5-13(6-8-14)10-19-4/h5-8,12,19H,9-11H2,1-4H3,(H2,18,20). The van der Waals surface area contributed by atoms with E-state index in [2.05, 4.69) is 36.3 Å². The van der Waals surface area contributed by atoms with E-state index >= 15 is 0 Å². The third kappa shape index (κ3) is 3.47. The third-order valence-corrected chi connectivity index (χ3v) is 3.89. The molecule has 1 heterocycles. The SMILES string of the molecule is CNCc1ccc(CN2C(=O)C(C)(CC(C)C)N=C2N)cc1. The molecular formula is C17H26N4O. The Morgan fingerprint density at radius 1 is 1.27 bits per heavy atom. The average Bonchev–Trinajstić information content (AvgIpc) is 2.63. The van der Waals surface area contributed by atoms with Crippen molar-refractivity contribution >= 4 is 11.9 Å². The zero-order chi connectivity index (χ0) is 16.3. The van der Waals surface area contributed by atoms with E-state index in [-0.39, 0.29) is 5.91 Å². The Kier molecular flexibility index (Phi) is 4.86. The van der Waals surface area contributed by atoms with Crippen molar-refractivity contribution in [3.63, 3.8) is 0 Å². The molecule has 1 aliphatic rings. The zero-order valence-corrected chi connectivity index (χ0v) is 13.9. The molecule has 1 aromatic rings. The topological polar surface area (TPSA) is 70.7 Å². The lowest BCUT2D eigenvalue weighted by molar-refractivity contribution is -0.131. The highest BCUT2D eigenvalue weighted by Crippen LogP contribution is 2.29. The van der Waals surface area contributed by atoms with Crippen LogP contribution in [0.1, 0.15) is 38.3 Å². The van der Waals surface area contributed by atoms with Gasteiger partial charge in [0.15, 0.2) is 5.96 Å². The molecule has 1 atom stereocenters. The summed E-state index contributed by atoms with van der Waals surface area (Å²) in [4.78, 5) is 18.7. The van der Waals surface area contributed by atoms with Gasteiger partial charge in [0.2, 0.25) is 0 Å². The maximum absolute atomic E-state index is 12.7. The molecule has 1 aliphatic heterocycles. The number of aliphatic imine (C=N–C) groups is 1. The van der Waals surface area contributed by atoms with Crippen LogP contribution in [0.5, 0.6) is 0 Å². The van der Waals surface area contributed by atoms with Crippen molar-refractivity contribution in [2.24, 2.45) is 16.6 Å². The highest BCUT2D eigenvalue weighted by Gasteiger charge is 2.43. The summed E-state index contributed by atoms with van der Waals surface area (Å²) in [7, 11) is 1.92. The Hall–Kier alpha value is -1.88. The zero-order valence-electron chi connectivity index (χ0n) is 13.9. The number of hydrogen-bond acceptors (Lipinski definition) is 4. The molecule has 0 radical (unpaired) electrons. The van der Waals surface area contributed by atoms with Crippen LogP contribution in [-0.2, 0) is 17.9 Å². The number of amides is 1. The van der Waals surface area contributed by atoms with E-state index in [1.165, 1.54) is 5.56 Å². The predicted molar refractivity (Wildman–Crippen MR) is 89.2 cm³/mol. The Bertz CT molecular complexity index is 565. The predicted octanol–water partition coefficient (Wildman–Crippen LogP) is 1.87. The van der Waals surface area contributed by atoms with E-state index in [9.17, 15) is 4.79 Å². The number of nitrogens with one attached hydrogen (secondary N) is 1. The molecule has 1 amide bonds. The van der Waals surface area contributed by atoms with Crippen LogP contribution in [-0.4, -0.2) is 29.4 Å². The summed E-state index contributed by atoms with van der Waals surface area (Å²) < 4.78 is 0. The lowest BCUT2D eigenvalue weighted by atomic mass is 9.91. The molecule has 0 spiro atoms. The molecule has 5 heteroatoms. The third-order valence-electron chi connectivity index (χ3n) is 3.89. The van der Waals surface area contributed by atoms with Crippen molar-refractivity contribution in [2.75, 3.05) is 7.05 Å². The normalized spacial score (nSPS) is 21.6. The molecule has 0 fully saturated rings. The first-order valence-electron chi connectivity index (χ1n) is 7.75. The van der Waals surface area contributed by atoms with Crippen LogP contribution < -0.4 is 11.1 Å². The number of rotatable bonds is 6. The fraction of sp³-hybridized carbons (Fsp3) is 0.529. The molecule has 0 aliphatic carbocycles. The van der Waals surface area contributed by atoms with E-state index in [0.717, 1.165) is 12.1 Å². The van der Waals surface area contributed by atoms with E-state index in [1.54, 1.807) is 4.90 Å². The maximum Gasteiger partial charge on any atom is 0.257 e. The minimum absolute atomic E-state index is 0.00185. The van der Waals surface area contributed by atoms with Gasteiger partial charge in [0.1, 0.15) is 5.54 Å². The molecule has 3 N–H and O–H groups in total. The summed E-state index contributed by atoms with van der Waals surface area (Å²) in [5, 5.41) is 3.12. The number of carbonyl (C=O) groups excluding carboxylic acids is 1.